The molecule has 5 heteroatoms. The summed E-state index contributed by atoms with van der Waals surface area (Å²) in [5, 5.41) is 0. The number of rotatable bonds is 1. The van der Waals surface area contributed by atoms with Gasteiger partial charge in [-0.2, -0.15) is 0 Å². The van der Waals surface area contributed by atoms with Crippen LogP contribution < -0.4 is 17.0 Å². The van der Waals surface area contributed by atoms with Crippen LogP contribution in [0.5, 0.6) is 0 Å². The van der Waals surface area contributed by atoms with E-state index in [1.807, 2.05) is 19.1 Å². The molecule has 5 nitrogen and oxygen atoms in total. The normalized spacial score (nSPS) is 20.2. The molecule has 2 rings (SSSR count). The van der Waals surface area contributed by atoms with Crippen molar-refractivity contribution in [2.75, 3.05) is 0 Å². The Labute approximate surface area is 91.9 Å². The molecule has 1 aromatic rings. The van der Waals surface area contributed by atoms with Crippen molar-refractivity contribution in [1.82, 2.24) is 9.55 Å². The summed E-state index contributed by atoms with van der Waals surface area (Å²) in [5.74, 6) is 0. The van der Waals surface area contributed by atoms with Gasteiger partial charge >= 0.3 is 5.69 Å². The summed E-state index contributed by atoms with van der Waals surface area (Å²) in [4.78, 5) is 24.7. The quantitative estimate of drug-likeness (QED) is 0.711. The molecular formula is C11H13N3O2. The highest BCUT2D eigenvalue weighted by molar-refractivity contribution is 5.31. The Bertz CT molecular complexity index is 577. The highest BCUT2D eigenvalue weighted by Crippen LogP contribution is 2.22. The van der Waals surface area contributed by atoms with E-state index in [2.05, 4.69) is 4.98 Å². The lowest BCUT2D eigenvalue weighted by Gasteiger charge is -2.19. The number of nitrogens with one attached hydrogen (secondary N) is 1. The lowest BCUT2D eigenvalue weighted by molar-refractivity contribution is 0.562. The second-order valence-electron chi connectivity index (χ2n) is 3.83. The molecule has 16 heavy (non-hydrogen) atoms. The van der Waals surface area contributed by atoms with Gasteiger partial charge in [-0.25, -0.2) is 4.79 Å². The van der Waals surface area contributed by atoms with E-state index in [4.69, 9.17) is 5.73 Å². The fraction of sp³-hybridized carbons (Fsp3) is 0.273. The first-order valence-corrected chi connectivity index (χ1v) is 5.04. The van der Waals surface area contributed by atoms with Crippen LogP contribution in [0.4, 0.5) is 0 Å². The molecule has 1 atom stereocenters. The molecule has 1 aromatic heterocycles. The zero-order chi connectivity index (χ0) is 11.7. The fourth-order valence-corrected chi connectivity index (χ4v) is 1.74. The molecule has 0 saturated carbocycles. The van der Waals surface area contributed by atoms with Crippen LogP contribution in [0.3, 0.4) is 0 Å². The van der Waals surface area contributed by atoms with Crippen molar-refractivity contribution >= 4 is 0 Å². The summed E-state index contributed by atoms with van der Waals surface area (Å²) < 4.78 is 1.49. The number of H-pyrrole nitrogens is 1. The maximum atomic E-state index is 11.6. The second kappa shape index (κ2) is 3.84. The Balaban J connectivity index is 2.41. The Morgan fingerprint density at radius 2 is 2.25 bits per heavy atom. The standard InChI is InChI=1S/C11H13N3O2/c1-7-6-8(2-3-9(7)12)14-5-4-10(15)13-11(14)16/h3-6,8H,2,12H2,1H3,(H,13,15,16). The van der Waals surface area contributed by atoms with E-state index in [1.165, 1.54) is 16.8 Å². The molecule has 1 heterocycles. The predicted molar refractivity (Wildman–Crippen MR) is 61.0 cm³/mol. The van der Waals surface area contributed by atoms with E-state index in [1.54, 1.807) is 0 Å². The van der Waals surface area contributed by atoms with E-state index < -0.39 is 5.69 Å². The zero-order valence-electron chi connectivity index (χ0n) is 8.93. The Hall–Kier alpha value is -2.04. The first-order chi connectivity index (χ1) is 7.58. The molecular weight excluding hydrogens is 206 g/mol. The minimum Gasteiger partial charge on any atom is -0.399 e. The smallest absolute Gasteiger partial charge is 0.328 e. The number of aromatic amines is 1. The minimum absolute atomic E-state index is 0.0725. The molecule has 3 N–H and O–H groups in total. The van der Waals surface area contributed by atoms with Crippen LogP contribution in [0.15, 0.2) is 45.3 Å². The number of nitrogens with zero attached hydrogens (tertiary/aromatic N) is 1. The van der Waals surface area contributed by atoms with Crippen molar-refractivity contribution in [3.8, 4) is 0 Å². The molecule has 0 saturated heterocycles. The lowest BCUT2D eigenvalue weighted by atomic mass is 10.0. The van der Waals surface area contributed by atoms with Crippen LogP contribution in [-0.2, 0) is 0 Å². The van der Waals surface area contributed by atoms with Crippen molar-refractivity contribution in [2.24, 2.45) is 5.73 Å². The van der Waals surface area contributed by atoms with Gasteiger partial charge in [0, 0.05) is 18.0 Å². The molecule has 0 aromatic carbocycles. The molecule has 1 aliphatic carbocycles. The fourth-order valence-electron chi connectivity index (χ4n) is 1.74. The van der Waals surface area contributed by atoms with Crippen molar-refractivity contribution in [3.63, 3.8) is 0 Å². The van der Waals surface area contributed by atoms with E-state index >= 15 is 0 Å². The summed E-state index contributed by atoms with van der Waals surface area (Å²) in [6.07, 6.45) is 5.98. The molecule has 0 fully saturated rings. The number of aromatic nitrogens is 2. The molecule has 1 unspecified atom stereocenters. The zero-order valence-corrected chi connectivity index (χ0v) is 8.93. The first kappa shape index (κ1) is 10.5. The second-order valence-corrected chi connectivity index (χ2v) is 3.83. The summed E-state index contributed by atoms with van der Waals surface area (Å²) >= 11 is 0. The van der Waals surface area contributed by atoms with Gasteiger partial charge in [-0.15, -0.1) is 0 Å². The van der Waals surface area contributed by atoms with Crippen LogP contribution in [0, 0.1) is 0 Å². The Morgan fingerprint density at radius 1 is 1.50 bits per heavy atom. The van der Waals surface area contributed by atoms with Crippen LogP contribution in [0.25, 0.3) is 0 Å². The minimum atomic E-state index is -0.393. The molecule has 1 aliphatic rings. The van der Waals surface area contributed by atoms with Gasteiger partial charge in [-0.1, -0.05) is 12.2 Å². The van der Waals surface area contributed by atoms with Gasteiger partial charge in [0.25, 0.3) is 5.56 Å². The number of hydrogen-bond acceptors (Lipinski definition) is 3. The number of allylic oxidation sites excluding steroid dienone is 3. The monoisotopic (exact) mass is 219 g/mol. The van der Waals surface area contributed by atoms with E-state index in [-0.39, 0.29) is 11.6 Å². The molecule has 0 spiro atoms. The summed E-state index contributed by atoms with van der Waals surface area (Å²) in [6.45, 7) is 1.90. The average molecular weight is 219 g/mol. The van der Waals surface area contributed by atoms with Gasteiger partial charge in [-0.3, -0.25) is 14.3 Å². The van der Waals surface area contributed by atoms with Gasteiger partial charge in [0.1, 0.15) is 0 Å². The highest BCUT2D eigenvalue weighted by Gasteiger charge is 2.13. The Kier molecular flexibility index (Phi) is 2.52. The van der Waals surface area contributed by atoms with Gasteiger partial charge < -0.3 is 5.73 Å². The highest BCUT2D eigenvalue weighted by atomic mass is 16.2. The third kappa shape index (κ3) is 1.84. The van der Waals surface area contributed by atoms with Crippen LogP contribution in [-0.4, -0.2) is 9.55 Å². The third-order valence-electron chi connectivity index (χ3n) is 2.69. The largest absolute Gasteiger partial charge is 0.399 e. The van der Waals surface area contributed by atoms with Gasteiger partial charge in [-0.05, 0) is 18.9 Å². The van der Waals surface area contributed by atoms with Crippen LogP contribution in [0.2, 0.25) is 0 Å². The third-order valence-corrected chi connectivity index (χ3v) is 2.69. The van der Waals surface area contributed by atoms with Gasteiger partial charge in [0.15, 0.2) is 0 Å². The summed E-state index contributed by atoms with van der Waals surface area (Å²) in [6, 6.07) is 1.27. The lowest BCUT2D eigenvalue weighted by Crippen LogP contribution is -2.31. The summed E-state index contributed by atoms with van der Waals surface area (Å²) in [7, 11) is 0. The SMILES string of the molecule is CC1=CC(n2ccc(=O)[nH]c2=O)CC=C1N. The number of hydrogen-bond donors (Lipinski definition) is 2. The molecule has 0 amide bonds. The molecule has 0 radical (unpaired) electrons. The maximum absolute atomic E-state index is 11.6. The average Bonchev–Trinajstić information content (AvgIpc) is 2.22. The van der Waals surface area contributed by atoms with Crippen molar-refractivity contribution in [2.45, 2.75) is 19.4 Å². The molecule has 0 bridgehead atoms. The van der Waals surface area contributed by atoms with Crippen LogP contribution >= 0.6 is 0 Å². The van der Waals surface area contributed by atoms with Crippen LogP contribution in [0.1, 0.15) is 19.4 Å². The van der Waals surface area contributed by atoms with E-state index in [9.17, 15) is 9.59 Å². The maximum Gasteiger partial charge on any atom is 0.328 e. The summed E-state index contributed by atoms with van der Waals surface area (Å²) in [5.41, 5.74) is 6.65. The molecule has 0 aliphatic heterocycles. The number of nitrogens with two attached hydrogens (primary N) is 1. The van der Waals surface area contributed by atoms with Crippen molar-refractivity contribution in [1.29, 1.82) is 0 Å². The molecule has 84 valence electrons. The van der Waals surface area contributed by atoms with Gasteiger partial charge in [0.05, 0.1) is 6.04 Å². The van der Waals surface area contributed by atoms with Crippen molar-refractivity contribution in [3.05, 3.63) is 56.5 Å². The predicted octanol–water partition coefficient (Wildman–Crippen LogP) is 0.270. The van der Waals surface area contributed by atoms with E-state index in [0.29, 0.717) is 6.42 Å². The van der Waals surface area contributed by atoms with E-state index in [0.717, 1.165) is 11.3 Å². The first-order valence-electron chi connectivity index (χ1n) is 5.04. The topological polar surface area (TPSA) is 80.9 Å². The van der Waals surface area contributed by atoms with Crippen molar-refractivity contribution < 1.29 is 0 Å². The van der Waals surface area contributed by atoms with Gasteiger partial charge in [0.2, 0.25) is 0 Å². The Morgan fingerprint density at radius 3 is 2.88 bits per heavy atom.